The third-order valence-corrected chi connectivity index (χ3v) is 4.50. The Morgan fingerprint density at radius 1 is 1.35 bits per heavy atom. The second-order valence-corrected chi connectivity index (χ2v) is 6.01. The molecule has 1 amide bonds. The molecule has 2 aromatic heterocycles. The Hall–Kier alpha value is -2.54. The van der Waals surface area contributed by atoms with Gasteiger partial charge in [0.15, 0.2) is 0 Å². The third kappa shape index (κ3) is 3.81. The minimum absolute atomic E-state index is 0.0857. The van der Waals surface area contributed by atoms with Gasteiger partial charge in [-0.3, -0.25) is 9.48 Å². The molecule has 1 aromatic carbocycles. The molecule has 7 heteroatoms. The van der Waals surface area contributed by atoms with Gasteiger partial charge in [-0.15, -0.1) is 11.3 Å². The van der Waals surface area contributed by atoms with Crippen LogP contribution >= 0.6 is 11.3 Å². The van der Waals surface area contributed by atoms with E-state index in [1.807, 2.05) is 37.3 Å². The van der Waals surface area contributed by atoms with Gasteiger partial charge in [0, 0.05) is 6.54 Å². The average molecular weight is 327 g/mol. The lowest BCUT2D eigenvalue weighted by Crippen LogP contribution is -2.29. The maximum absolute atomic E-state index is 12.5. The van der Waals surface area contributed by atoms with Crippen molar-refractivity contribution in [1.82, 2.24) is 25.1 Å². The summed E-state index contributed by atoms with van der Waals surface area (Å²) in [5.41, 5.74) is 3.52. The van der Waals surface area contributed by atoms with E-state index >= 15 is 0 Å². The molecule has 3 rings (SSSR count). The van der Waals surface area contributed by atoms with Crippen molar-refractivity contribution in [2.24, 2.45) is 0 Å². The van der Waals surface area contributed by atoms with E-state index in [1.165, 1.54) is 17.7 Å². The summed E-state index contributed by atoms with van der Waals surface area (Å²) in [6.45, 7) is 2.53. The smallest absolute Gasteiger partial charge is 0.263 e. The Bertz CT molecular complexity index is 754. The summed E-state index contributed by atoms with van der Waals surface area (Å²) in [7, 11) is 0. The van der Waals surface area contributed by atoms with E-state index in [2.05, 4.69) is 20.4 Å². The molecule has 0 aliphatic heterocycles. The molecular formula is C16H17N5OS. The van der Waals surface area contributed by atoms with Crippen molar-refractivity contribution in [2.45, 2.75) is 25.9 Å². The SMILES string of the molecule is Cc1ncsc1C(=O)N[C@@H](CCn1cncn1)c1ccccc1. The van der Waals surface area contributed by atoms with Crippen LogP contribution in [-0.2, 0) is 6.54 Å². The van der Waals surface area contributed by atoms with Gasteiger partial charge in [-0.05, 0) is 18.9 Å². The highest BCUT2D eigenvalue weighted by molar-refractivity contribution is 7.11. The molecule has 118 valence electrons. The molecule has 0 aliphatic carbocycles. The predicted octanol–water partition coefficient (Wildman–Crippen LogP) is 2.60. The van der Waals surface area contributed by atoms with Gasteiger partial charge in [0.2, 0.25) is 0 Å². The standard InChI is InChI=1S/C16H17N5OS/c1-12-15(23-11-18-12)16(22)20-14(13-5-3-2-4-6-13)7-8-21-10-17-9-19-21/h2-6,9-11,14H,7-8H2,1H3,(H,20,22)/t14-/m0/s1. The Labute approximate surface area is 138 Å². The highest BCUT2D eigenvalue weighted by atomic mass is 32.1. The van der Waals surface area contributed by atoms with Crippen LogP contribution in [0, 0.1) is 6.92 Å². The van der Waals surface area contributed by atoms with Gasteiger partial charge in [0.05, 0.1) is 17.2 Å². The van der Waals surface area contributed by atoms with Gasteiger partial charge in [-0.1, -0.05) is 30.3 Å². The van der Waals surface area contributed by atoms with Gasteiger partial charge >= 0.3 is 0 Å². The number of nitrogens with zero attached hydrogens (tertiary/aromatic N) is 4. The molecule has 3 aromatic rings. The van der Waals surface area contributed by atoms with Crippen LogP contribution in [0.3, 0.4) is 0 Å². The van der Waals surface area contributed by atoms with E-state index in [0.29, 0.717) is 11.4 Å². The summed E-state index contributed by atoms with van der Waals surface area (Å²) in [6, 6.07) is 9.86. The number of aromatic nitrogens is 4. The number of benzene rings is 1. The normalized spacial score (nSPS) is 12.0. The predicted molar refractivity (Wildman–Crippen MR) is 88.1 cm³/mol. The van der Waals surface area contributed by atoms with E-state index in [9.17, 15) is 4.79 Å². The lowest BCUT2D eigenvalue weighted by molar-refractivity contribution is 0.0936. The first-order valence-electron chi connectivity index (χ1n) is 7.32. The summed E-state index contributed by atoms with van der Waals surface area (Å²) < 4.78 is 1.76. The minimum atomic E-state index is -0.0885. The molecule has 2 heterocycles. The molecule has 0 aliphatic rings. The van der Waals surface area contributed by atoms with E-state index in [0.717, 1.165) is 17.7 Å². The van der Waals surface area contributed by atoms with Crippen molar-refractivity contribution in [3.05, 3.63) is 64.6 Å². The van der Waals surface area contributed by atoms with Crippen molar-refractivity contribution in [1.29, 1.82) is 0 Å². The summed E-state index contributed by atoms with van der Waals surface area (Å²) >= 11 is 1.36. The van der Waals surface area contributed by atoms with Gasteiger partial charge in [0.25, 0.3) is 5.91 Å². The topological polar surface area (TPSA) is 72.7 Å². The van der Waals surface area contributed by atoms with Crippen molar-refractivity contribution in [3.8, 4) is 0 Å². The molecule has 0 fully saturated rings. The number of hydrogen-bond acceptors (Lipinski definition) is 5. The fourth-order valence-corrected chi connectivity index (χ4v) is 3.07. The van der Waals surface area contributed by atoms with Gasteiger partial charge in [-0.25, -0.2) is 9.97 Å². The molecule has 1 atom stereocenters. The van der Waals surface area contributed by atoms with Crippen molar-refractivity contribution >= 4 is 17.2 Å². The number of nitrogens with one attached hydrogen (secondary N) is 1. The third-order valence-electron chi connectivity index (χ3n) is 3.57. The molecule has 6 nitrogen and oxygen atoms in total. The highest BCUT2D eigenvalue weighted by Gasteiger charge is 2.18. The largest absolute Gasteiger partial charge is 0.344 e. The molecule has 0 saturated heterocycles. The zero-order valence-corrected chi connectivity index (χ0v) is 13.5. The summed E-state index contributed by atoms with van der Waals surface area (Å²) in [6.07, 6.45) is 3.92. The Kier molecular flexibility index (Phi) is 4.77. The summed E-state index contributed by atoms with van der Waals surface area (Å²) in [5, 5.41) is 7.22. The Balaban J connectivity index is 1.75. The zero-order valence-electron chi connectivity index (χ0n) is 12.7. The van der Waals surface area contributed by atoms with Crippen LogP contribution in [0.1, 0.15) is 33.4 Å². The van der Waals surface area contributed by atoms with Gasteiger partial charge in [0.1, 0.15) is 17.5 Å². The monoisotopic (exact) mass is 327 g/mol. The molecular weight excluding hydrogens is 310 g/mol. The lowest BCUT2D eigenvalue weighted by atomic mass is 10.0. The number of carbonyl (C=O) groups excluding carboxylic acids is 1. The molecule has 23 heavy (non-hydrogen) atoms. The average Bonchev–Trinajstić information content (AvgIpc) is 3.23. The fraction of sp³-hybridized carbons (Fsp3) is 0.250. The van der Waals surface area contributed by atoms with Crippen LogP contribution in [0.2, 0.25) is 0 Å². The zero-order chi connectivity index (χ0) is 16.1. The van der Waals surface area contributed by atoms with Crippen LogP contribution in [0.4, 0.5) is 0 Å². The number of amides is 1. The second kappa shape index (κ2) is 7.15. The maximum Gasteiger partial charge on any atom is 0.263 e. The first-order chi connectivity index (χ1) is 11.2. The van der Waals surface area contributed by atoms with Crippen LogP contribution < -0.4 is 5.32 Å². The van der Waals surface area contributed by atoms with Crippen molar-refractivity contribution in [3.63, 3.8) is 0 Å². The molecule has 1 N–H and O–H groups in total. The van der Waals surface area contributed by atoms with Crippen molar-refractivity contribution in [2.75, 3.05) is 0 Å². The Morgan fingerprint density at radius 3 is 2.83 bits per heavy atom. The number of rotatable bonds is 6. The van der Waals surface area contributed by atoms with E-state index in [1.54, 1.807) is 16.5 Å². The van der Waals surface area contributed by atoms with Crippen LogP contribution in [0.5, 0.6) is 0 Å². The summed E-state index contributed by atoms with van der Waals surface area (Å²) in [5.74, 6) is -0.0857. The Morgan fingerprint density at radius 2 is 2.17 bits per heavy atom. The lowest BCUT2D eigenvalue weighted by Gasteiger charge is -2.19. The van der Waals surface area contributed by atoms with Gasteiger partial charge in [-0.2, -0.15) is 5.10 Å². The quantitative estimate of drug-likeness (QED) is 0.755. The fourth-order valence-electron chi connectivity index (χ4n) is 2.36. The molecule has 0 saturated carbocycles. The van der Waals surface area contributed by atoms with E-state index < -0.39 is 0 Å². The first-order valence-corrected chi connectivity index (χ1v) is 8.20. The maximum atomic E-state index is 12.5. The van der Waals surface area contributed by atoms with Crippen LogP contribution in [-0.4, -0.2) is 25.7 Å². The number of aryl methyl sites for hydroxylation is 2. The van der Waals surface area contributed by atoms with Crippen molar-refractivity contribution < 1.29 is 4.79 Å². The summed E-state index contributed by atoms with van der Waals surface area (Å²) in [4.78, 5) is 21.2. The highest BCUT2D eigenvalue weighted by Crippen LogP contribution is 2.20. The van der Waals surface area contributed by atoms with Gasteiger partial charge < -0.3 is 5.32 Å². The minimum Gasteiger partial charge on any atom is -0.344 e. The number of hydrogen-bond donors (Lipinski definition) is 1. The molecule has 0 radical (unpaired) electrons. The molecule has 0 unspecified atom stereocenters. The van der Waals surface area contributed by atoms with E-state index in [4.69, 9.17) is 0 Å². The molecule has 0 bridgehead atoms. The second-order valence-electron chi connectivity index (χ2n) is 5.15. The first kappa shape index (κ1) is 15.4. The van der Waals surface area contributed by atoms with Crippen LogP contribution in [0.15, 0.2) is 48.5 Å². The molecule has 0 spiro atoms. The number of thiazole rings is 1. The van der Waals surface area contributed by atoms with E-state index in [-0.39, 0.29) is 11.9 Å². The number of carbonyl (C=O) groups is 1. The van der Waals surface area contributed by atoms with Crippen LogP contribution in [0.25, 0.3) is 0 Å².